The van der Waals surface area contributed by atoms with E-state index in [0.717, 1.165) is 6.54 Å². The molecule has 0 radical (unpaired) electrons. The molecule has 3 nitrogen and oxygen atoms in total. The maximum atomic E-state index is 4.60. The Labute approximate surface area is 40.8 Å². The molecule has 0 saturated heterocycles. The first kappa shape index (κ1) is 3.67. The van der Waals surface area contributed by atoms with Crippen molar-refractivity contribution in [2.75, 3.05) is 6.54 Å². The number of hydrazone groups is 1. The Morgan fingerprint density at radius 3 is 3.00 bits per heavy atom. The van der Waals surface area contributed by atoms with Gasteiger partial charge in [0, 0.05) is 5.10 Å². The van der Waals surface area contributed by atoms with Crippen LogP contribution in [0.3, 0.4) is 0 Å². The Hall–Kier alpha value is -0.510. The zero-order valence-corrected chi connectivity index (χ0v) is 3.90. The highest BCUT2D eigenvalue weighted by atomic mass is 32.1. The summed E-state index contributed by atoms with van der Waals surface area (Å²) in [7, 11) is 0. The van der Waals surface area contributed by atoms with E-state index in [-0.39, 0.29) is 0 Å². The van der Waals surface area contributed by atoms with Gasteiger partial charge in [-0.1, -0.05) is 4.05 Å². The molecule has 1 aliphatic rings. The zero-order valence-electron chi connectivity index (χ0n) is 3.09. The molecular formula is C2H4N3S+. The minimum Gasteiger partial charge on any atom is -0.0875 e. The average molecular weight is 102 g/mol. The molecule has 0 bridgehead atoms. The second-order valence-electron chi connectivity index (χ2n) is 0.973. The highest BCUT2D eigenvalue weighted by Gasteiger charge is 2.02. The fraction of sp³-hybridized carbons (Fsp3) is 0.500. The van der Waals surface area contributed by atoms with E-state index in [1.165, 1.54) is 4.05 Å². The van der Waals surface area contributed by atoms with Crippen molar-refractivity contribution in [3.05, 3.63) is 0 Å². The number of nitrogens with zero attached hydrogens (tertiary/aromatic N) is 2. The third-order valence-electron chi connectivity index (χ3n) is 0.508. The van der Waals surface area contributed by atoms with E-state index in [1.807, 2.05) is 0 Å². The van der Waals surface area contributed by atoms with Crippen molar-refractivity contribution in [3.63, 3.8) is 0 Å². The number of nitrogens with one attached hydrogen (secondary N) is 1. The SMILES string of the molecule is S=[N+]1CC=NN1. The van der Waals surface area contributed by atoms with Gasteiger partial charge in [0.2, 0.25) is 0 Å². The van der Waals surface area contributed by atoms with Crippen LogP contribution in [0.5, 0.6) is 0 Å². The van der Waals surface area contributed by atoms with Crippen LogP contribution in [0, 0.1) is 0 Å². The topological polar surface area (TPSA) is 27.4 Å². The largest absolute Gasteiger partial charge is 0.187 e. The summed E-state index contributed by atoms with van der Waals surface area (Å²) in [5, 5.41) is 3.61. The molecule has 0 saturated carbocycles. The average Bonchev–Trinajstić information content (AvgIpc) is 1.86. The molecule has 0 aromatic carbocycles. The quantitative estimate of drug-likeness (QED) is 0.407. The molecule has 6 heavy (non-hydrogen) atoms. The molecule has 0 unspecified atom stereocenters. The molecular weight excluding hydrogens is 98.1 g/mol. The summed E-state index contributed by atoms with van der Waals surface area (Å²) in [5.41, 5.74) is 2.54. The lowest BCUT2D eigenvalue weighted by Gasteiger charge is -1.76. The van der Waals surface area contributed by atoms with Gasteiger partial charge in [0.25, 0.3) is 0 Å². The van der Waals surface area contributed by atoms with E-state index in [4.69, 9.17) is 0 Å². The molecule has 1 aliphatic heterocycles. The van der Waals surface area contributed by atoms with Crippen molar-refractivity contribution in [1.29, 1.82) is 0 Å². The number of hydrogen-bond acceptors (Lipinski definition) is 2. The highest BCUT2D eigenvalue weighted by Crippen LogP contribution is 1.70. The molecule has 1 N–H and O–H groups in total. The van der Waals surface area contributed by atoms with Gasteiger partial charge < -0.3 is 0 Å². The molecule has 0 fully saturated rings. The van der Waals surface area contributed by atoms with Crippen molar-refractivity contribution in [3.8, 4) is 0 Å². The Morgan fingerprint density at radius 2 is 2.83 bits per heavy atom. The van der Waals surface area contributed by atoms with Crippen LogP contribution in [0.1, 0.15) is 0 Å². The minimum atomic E-state index is 0.731. The molecule has 0 amide bonds. The van der Waals surface area contributed by atoms with Gasteiger partial charge in [0.1, 0.15) is 0 Å². The van der Waals surface area contributed by atoms with Crippen LogP contribution in [0.2, 0.25) is 0 Å². The Balaban J connectivity index is 2.52. The smallest absolute Gasteiger partial charge is 0.0875 e. The van der Waals surface area contributed by atoms with E-state index in [0.29, 0.717) is 0 Å². The summed E-state index contributed by atoms with van der Waals surface area (Å²) < 4.78 is 1.47. The third-order valence-corrected chi connectivity index (χ3v) is 0.739. The molecule has 0 spiro atoms. The molecule has 0 aromatic rings. The molecule has 0 atom stereocenters. The van der Waals surface area contributed by atoms with Gasteiger partial charge in [-0.3, -0.25) is 0 Å². The summed E-state index contributed by atoms with van der Waals surface area (Å²) in [6, 6.07) is 0. The summed E-state index contributed by atoms with van der Waals surface area (Å²) in [4.78, 5) is 0. The van der Waals surface area contributed by atoms with Crippen molar-refractivity contribution in [2.45, 2.75) is 0 Å². The molecule has 4 heteroatoms. The van der Waals surface area contributed by atoms with Crippen molar-refractivity contribution in [2.24, 2.45) is 5.10 Å². The van der Waals surface area contributed by atoms with Gasteiger partial charge in [0.15, 0.2) is 25.2 Å². The summed E-state index contributed by atoms with van der Waals surface area (Å²) >= 11 is 4.60. The first-order chi connectivity index (χ1) is 2.89. The highest BCUT2D eigenvalue weighted by molar-refractivity contribution is 7.44. The van der Waals surface area contributed by atoms with Gasteiger partial charge in [-0.2, -0.15) is 0 Å². The van der Waals surface area contributed by atoms with Crippen LogP contribution < -0.4 is 5.53 Å². The maximum absolute atomic E-state index is 4.60. The predicted octanol–water partition coefficient (Wildman–Crippen LogP) is -0.767. The summed E-state index contributed by atoms with van der Waals surface area (Å²) in [6.45, 7) is 0.731. The fourth-order valence-corrected chi connectivity index (χ4v) is 0.375. The number of hydrogen-bond donors (Lipinski definition) is 1. The third kappa shape index (κ3) is 0.514. The second kappa shape index (κ2) is 1.30. The number of hydrazine groups is 1. The molecule has 32 valence electrons. The van der Waals surface area contributed by atoms with Crippen LogP contribution >= 0.6 is 0 Å². The van der Waals surface area contributed by atoms with E-state index < -0.39 is 0 Å². The van der Waals surface area contributed by atoms with Gasteiger partial charge in [-0.15, -0.1) is 0 Å². The van der Waals surface area contributed by atoms with Crippen LogP contribution in [0.15, 0.2) is 5.10 Å². The lowest BCUT2D eigenvalue weighted by molar-refractivity contribution is -0.536. The Bertz CT molecular complexity index is 87.0. The second-order valence-corrected chi connectivity index (χ2v) is 1.41. The molecule has 1 rings (SSSR count). The molecule has 0 aliphatic carbocycles. The summed E-state index contributed by atoms with van der Waals surface area (Å²) in [5.74, 6) is 0. The maximum Gasteiger partial charge on any atom is 0.187 e. The predicted molar refractivity (Wildman–Crippen MR) is 24.1 cm³/mol. The normalized spacial score (nSPS) is 18.3. The van der Waals surface area contributed by atoms with E-state index in [2.05, 4.69) is 23.1 Å². The van der Waals surface area contributed by atoms with E-state index in [9.17, 15) is 0 Å². The Kier molecular flexibility index (Phi) is 0.795. The van der Waals surface area contributed by atoms with Gasteiger partial charge in [-0.05, 0) is 5.53 Å². The van der Waals surface area contributed by atoms with Crippen molar-refractivity contribution < 1.29 is 4.05 Å². The monoisotopic (exact) mass is 102 g/mol. The fourth-order valence-electron chi connectivity index (χ4n) is 0.261. The standard InChI is InChI=1S/C2H4N3S/c6-5-2-1-3-4-5/h1H,2H2,(H,4,6)/q+1. The molecule has 0 aromatic heterocycles. The Morgan fingerprint density at radius 1 is 2.00 bits per heavy atom. The first-order valence-corrected chi connectivity index (χ1v) is 1.98. The number of rotatable bonds is 0. The van der Waals surface area contributed by atoms with E-state index >= 15 is 0 Å². The van der Waals surface area contributed by atoms with Crippen molar-refractivity contribution in [1.82, 2.24) is 5.53 Å². The van der Waals surface area contributed by atoms with Crippen LogP contribution in [0.25, 0.3) is 0 Å². The van der Waals surface area contributed by atoms with Gasteiger partial charge >= 0.3 is 0 Å². The van der Waals surface area contributed by atoms with Crippen LogP contribution in [-0.2, 0) is 12.4 Å². The zero-order chi connectivity index (χ0) is 4.41. The van der Waals surface area contributed by atoms with Crippen LogP contribution in [-0.4, -0.2) is 16.8 Å². The first-order valence-electron chi connectivity index (χ1n) is 1.61. The van der Waals surface area contributed by atoms with Crippen LogP contribution in [0.4, 0.5) is 0 Å². The van der Waals surface area contributed by atoms with E-state index in [1.54, 1.807) is 6.21 Å². The van der Waals surface area contributed by atoms with Crippen molar-refractivity contribution >= 4 is 18.6 Å². The summed E-state index contributed by atoms with van der Waals surface area (Å²) in [6.07, 6.45) is 1.72. The minimum absolute atomic E-state index is 0.731. The van der Waals surface area contributed by atoms with Gasteiger partial charge in [0.05, 0.1) is 0 Å². The molecule has 1 heterocycles. The lowest BCUT2D eigenvalue weighted by atomic mass is 10.8. The lowest BCUT2D eigenvalue weighted by Crippen LogP contribution is -2.14. The van der Waals surface area contributed by atoms with Gasteiger partial charge in [-0.25, -0.2) is 0 Å².